The van der Waals surface area contributed by atoms with E-state index < -0.39 is 14.8 Å². The highest BCUT2D eigenvalue weighted by Gasteiger charge is 2.50. The smallest absolute Gasteiger partial charge is 0.423 e. The summed E-state index contributed by atoms with van der Waals surface area (Å²) in [7, 11) is 0. The van der Waals surface area contributed by atoms with Gasteiger partial charge in [0.05, 0.1) is 5.84 Å². The SMILES string of the molecule is CC(=NC(C)C)[N](C(C)C)[Al]1[N](C(C)C)CC[N]1C(C)C. The van der Waals surface area contributed by atoms with E-state index in [1.54, 1.807) is 0 Å². The van der Waals surface area contributed by atoms with Gasteiger partial charge in [-0.1, -0.05) is 27.7 Å². The van der Waals surface area contributed by atoms with Crippen LogP contribution in [0.15, 0.2) is 4.99 Å². The number of aliphatic imine (C=N–C) groups is 1. The Morgan fingerprint density at radius 3 is 1.62 bits per heavy atom. The Morgan fingerprint density at radius 2 is 1.33 bits per heavy atom. The van der Waals surface area contributed by atoms with E-state index in [0.29, 0.717) is 24.2 Å². The molecule has 1 saturated heterocycles. The van der Waals surface area contributed by atoms with E-state index in [1.165, 1.54) is 18.9 Å². The second-order valence-electron chi connectivity index (χ2n) is 7.28. The van der Waals surface area contributed by atoms with Gasteiger partial charge in [0.25, 0.3) is 0 Å². The Hall–Kier alpha value is -0.0775. The molecule has 21 heavy (non-hydrogen) atoms. The van der Waals surface area contributed by atoms with Crippen LogP contribution in [0.3, 0.4) is 0 Å². The fraction of sp³-hybridized carbons (Fsp3) is 0.938. The zero-order chi connectivity index (χ0) is 16.3. The molecule has 0 aromatic heterocycles. The molecule has 0 radical (unpaired) electrons. The molecule has 122 valence electrons. The molecule has 0 amide bonds. The van der Waals surface area contributed by atoms with Gasteiger partial charge in [-0.25, -0.2) is 0 Å². The summed E-state index contributed by atoms with van der Waals surface area (Å²) in [4.78, 5) is 4.86. The minimum atomic E-state index is -1.35. The second kappa shape index (κ2) is 7.97. The quantitative estimate of drug-likeness (QED) is 0.443. The molecular weight excluding hydrogens is 275 g/mol. The third kappa shape index (κ3) is 4.69. The predicted octanol–water partition coefficient (Wildman–Crippen LogP) is 2.94. The summed E-state index contributed by atoms with van der Waals surface area (Å²) >= 11 is -1.35. The zero-order valence-corrected chi connectivity index (χ0v) is 16.7. The van der Waals surface area contributed by atoms with Crippen LogP contribution in [0.4, 0.5) is 0 Å². The number of hydrogen-bond acceptors (Lipinski definition) is 3. The fourth-order valence-electron chi connectivity index (χ4n) is 3.27. The Bertz CT molecular complexity index is 336. The first kappa shape index (κ1) is 19.0. The van der Waals surface area contributed by atoms with Crippen LogP contribution in [-0.2, 0) is 0 Å². The molecule has 0 saturated carbocycles. The third-order valence-corrected chi connectivity index (χ3v) is 8.52. The highest BCUT2D eigenvalue weighted by atomic mass is 27.2. The molecule has 4 nitrogen and oxygen atoms in total. The van der Waals surface area contributed by atoms with Gasteiger partial charge in [0.15, 0.2) is 0 Å². The van der Waals surface area contributed by atoms with E-state index in [2.05, 4.69) is 74.0 Å². The van der Waals surface area contributed by atoms with Crippen molar-refractivity contribution in [2.45, 2.75) is 86.5 Å². The van der Waals surface area contributed by atoms with Crippen molar-refractivity contribution in [2.75, 3.05) is 13.1 Å². The van der Waals surface area contributed by atoms with Crippen molar-refractivity contribution >= 4 is 20.6 Å². The van der Waals surface area contributed by atoms with Gasteiger partial charge in [0, 0.05) is 12.1 Å². The molecule has 5 heteroatoms. The van der Waals surface area contributed by atoms with Crippen LogP contribution in [0.25, 0.3) is 0 Å². The summed E-state index contributed by atoms with van der Waals surface area (Å²) in [6, 6.07) is 2.09. The molecule has 1 fully saturated rings. The first-order valence-corrected chi connectivity index (χ1v) is 10.1. The molecule has 0 bridgehead atoms. The molecule has 0 aromatic carbocycles. The molecule has 0 aromatic rings. The Kier molecular flexibility index (Phi) is 7.20. The molecule has 0 spiro atoms. The lowest BCUT2D eigenvalue weighted by Crippen LogP contribution is -2.63. The monoisotopic (exact) mass is 310 g/mol. The molecule has 1 heterocycles. The van der Waals surface area contributed by atoms with Gasteiger partial charge < -0.3 is 11.7 Å². The van der Waals surface area contributed by atoms with Crippen molar-refractivity contribution in [3.8, 4) is 0 Å². The number of amidine groups is 1. The average Bonchev–Trinajstić information content (AvgIpc) is 2.71. The Morgan fingerprint density at radius 1 is 0.905 bits per heavy atom. The molecular formula is C16H35AlN4. The Balaban J connectivity index is 3.16. The summed E-state index contributed by atoms with van der Waals surface area (Å²) in [5, 5.41) is 0. The van der Waals surface area contributed by atoms with Crippen LogP contribution in [0.2, 0.25) is 0 Å². The van der Waals surface area contributed by atoms with Gasteiger partial charge in [-0.3, -0.25) is 4.99 Å². The lowest BCUT2D eigenvalue weighted by molar-refractivity contribution is 0.331. The van der Waals surface area contributed by atoms with E-state index in [1.807, 2.05) is 0 Å². The van der Waals surface area contributed by atoms with E-state index >= 15 is 0 Å². The molecule has 1 aliphatic rings. The lowest BCUT2D eigenvalue weighted by atomic mass is 10.3. The molecule has 0 N–H and O–H groups in total. The highest BCUT2D eigenvalue weighted by Crippen LogP contribution is 2.22. The van der Waals surface area contributed by atoms with Crippen molar-refractivity contribution < 1.29 is 0 Å². The maximum atomic E-state index is 4.86. The largest absolute Gasteiger partial charge is 0.654 e. The Labute approximate surface area is 137 Å². The standard InChI is InChI=1S/C8H18N2.C8H17N2.Al/c1-7(2)9-5-6-10-8(3)4;1-6(2)9-8(5)10-7(3)4;/h7-8H,5-6H2,1-4H3;6-7H,1-5H3;/q-2;-1;+3. The summed E-state index contributed by atoms with van der Waals surface area (Å²) in [6.07, 6.45) is 0. The third-order valence-electron chi connectivity index (χ3n) is 4.16. The van der Waals surface area contributed by atoms with Crippen LogP contribution in [0.5, 0.6) is 0 Å². The first-order valence-electron chi connectivity index (χ1n) is 8.51. The van der Waals surface area contributed by atoms with Gasteiger partial charge in [-0.15, -0.1) is 0 Å². The van der Waals surface area contributed by atoms with Gasteiger partial charge in [-0.2, -0.15) is 0 Å². The molecule has 0 atom stereocenters. The predicted molar refractivity (Wildman–Crippen MR) is 94.7 cm³/mol. The zero-order valence-electron chi connectivity index (χ0n) is 15.6. The van der Waals surface area contributed by atoms with Crippen molar-refractivity contribution in [1.82, 2.24) is 11.7 Å². The number of rotatable bonds is 5. The van der Waals surface area contributed by atoms with Crippen molar-refractivity contribution in [2.24, 2.45) is 4.99 Å². The van der Waals surface area contributed by atoms with Crippen LogP contribution < -0.4 is 0 Å². The second-order valence-corrected chi connectivity index (χ2v) is 9.86. The van der Waals surface area contributed by atoms with Crippen LogP contribution in [0, 0.1) is 0 Å². The van der Waals surface area contributed by atoms with Crippen molar-refractivity contribution in [3.05, 3.63) is 0 Å². The maximum Gasteiger partial charge on any atom is 0.654 e. The number of nitrogens with zero attached hydrogens (tertiary/aromatic N) is 4. The number of hydrogen-bond donors (Lipinski definition) is 0. The molecule has 0 unspecified atom stereocenters. The topological polar surface area (TPSA) is 22.1 Å². The normalized spacial score (nSPS) is 18.9. The van der Waals surface area contributed by atoms with Crippen LogP contribution in [0.1, 0.15) is 62.3 Å². The highest BCUT2D eigenvalue weighted by molar-refractivity contribution is 6.54. The molecule has 1 aliphatic heterocycles. The lowest BCUT2D eigenvalue weighted by Gasteiger charge is -2.41. The maximum absolute atomic E-state index is 4.86. The van der Waals surface area contributed by atoms with E-state index in [4.69, 9.17) is 4.99 Å². The van der Waals surface area contributed by atoms with E-state index in [0.717, 1.165) is 0 Å². The van der Waals surface area contributed by atoms with Crippen LogP contribution in [-0.4, -0.2) is 69.6 Å². The van der Waals surface area contributed by atoms with E-state index in [9.17, 15) is 0 Å². The van der Waals surface area contributed by atoms with Gasteiger partial charge in [-0.05, 0) is 59.8 Å². The molecule has 0 aliphatic carbocycles. The minimum Gasteiger partial charge on any atom is -0.423 e. The van der Waals surface area contributed by atoms with Gasteiger partial charge in [0.2, 0.25) is 0 Å². The van der Waals surface area contributed by atoms with E-state index in [-0.39, 0.29) is 0 Å². The first-order chi connectivity index (χ1) is 9.66. The summed E-state index contributed by atoms with van der Waals surface area (Å²) in [6.45, 7) is 22.9. The van der Waals surface area contributed by atoms with Crippen molar-refractivity contribution in [3.63, 3.8) is 0 Å². The molecule has 1 rings (SSSR count). The van der Waals surface area contributed by atoms with Gasteiger partial charge in [0.1, 0.15) is 0 Å². The summed E-state index contributed by atoms with van der Waals surface area (Å²) in [5.74, 6) is 1.22. The fourth-order valence-corrected chi connectivity index (χ4v) is 6.98. The van der Waals surface area contributed by atoms with Crippen LogP contribution >= 0.6 is 0 Å². The average molecular weight is 310 g/mol. The summed E-state index contributed by atoms with van der Waals surface area (Å²) < 4.78 is 8.10. The van der Waals surface area contributed by atoms with Gasteiger partial charge >= 0.3 is 14.8 Å². The summed E-state index contributed by atoms with van der Waals surface area (Å²) in [5.41, 5.74) is 0. The van der Waals surface area contributed by atoms with Crippen molar-refractivity contribution in [1.29, 1.82) is 0 Å². The minimum absolute atomic E-state index is 0.363.